The third kappa shape index (κ3) is 7.02. The molecule has 0 spiro atoms. The summed E-state index contributed by atoms with van der Waals surface area (Å²) in [6.45, 7) is 4.49. The van der Waals surface area contributed by atoms with Crippen molar-refractivity contribution in [2.24, 2.45) is 5.41 Å². The standard InChI is InChI=1S/C23H26O8/c1-14(24)15-7-19(27)12-20(10-15)30-6-4-5-23(2,3)22(29)31-13-21(28)16-8-17(25)11-18(26)9-16/h7-12,25-27H,4-6,13H2,1-3H3. The van der Waals surface area contributed by atoms with Crippen molar-refractivity contribution >= 4 is 17.5 Å². The Balaban J connectivity index is 1.83. The molecule has 0 aliphatic heterocycles. The van der Waals surface area contributed by atoms with E-state index < -0.39 is 23.8 Å². The SMILES string of the molecule is CC(=O)c1cc(O)cc(OCCCC(C)(C)C(=O)OCC(=O)c2cc(O)cc(O)c2)c1. The molecule has 0 unspecified atom stereocenters. The smallest absolute Gasteiger partial charge is 0.311 e. The zero-order valence-electron chi connectivity index (χ0n) is 17.7. The number of ketones is 2. The van der Waals surface area contributed by atoms with Crippen LogP contribution in [-0.2, 0) is 9.53 Å². The summed E-state index contributed by atoms with van der Waals surface area (Å²) in [4.78, 5) is 36.0. The fourth-order valence-electron chi connectivity index (χ4n) is 2.84. The number of phenols is 3. The molecule has 3 N–H and O–H groups in total. The third-order valence-electron chi connectivity index (χ3n) is 4.62. The second-order valence-electron chi connectivity index (χ2n) is 7.85. The lowest BCUT2D eigenvalue weighted by molar-refractivity contribution is -0.153. The molecule has 0 aliphatic rings. The van der Waals surface area contributed by atoms with Gasteiger partial charge in [0.15, 0.2) is 12.4 Å². The maximum atomic E-state index is 12.4. The molecule has 2 aromatic rings. The van der Waals surface area contributed by atoms with E-state index in [9.17, 15) is 29.7 Å². The minimum absolute atomic E-state index is 0.0348. The fraction of sp³-hybridized carbons (Fsp3) is 0.348. The molecule has 0 fully saturated rings. The number of ether oxygens (including phenoxy) is 2. The van der Waals surface area contributed by atoms with Crippen molar-refractivity contribution in [2.45, 2.75) is 33.6 Å². The van der Waals surface area contributed by atoms with Crippen LogP contribution in [0.4, 0.5) is 0 Å². The molecule has 0 heterocycles. The lowest BCUT2D eigenvalue weighted by atomic mass is 9.88. The molecule has 31 heavy (non-hydrogen) atoms. The first-order valence-electron chi connectivity index (χ1n) is 9.69. The Morgan fingerprint density at radius 1 is 0.871 bits per heavy atom. The van der Waals surface area contributed by atoms with Crippen molar-refractivity contribution in [3.05, 3.63) is 47.5 Å². The van der Waals surface area contributed by atoms with Crippen LogP contribution < -0.4 is 4.74 Å². The monoisotopic (exact) mass is 430 g/mol. The molecule has 166 valence electrons. The second kappa shape index (κ2) is 9.97. The number of phenolic OH excluding ortho intramolecular Hbond substituents is 3. The summed E-state index contributed by atoms with van der Waals surface area (Å²) in [6, 6.07) is 7.73. The molecule has 2 aromatic carbocycles. The van der Waals surface area contributed by atoms with Gasteiger partial charge in [-0.05, 0) is 57.9 Å². The van der Waals surface area contributed by atoms with Gasteiger partial charge in [0.2, 0.25) is 5.78 Å². The van der Waals surface area contributed by atoms with E-state index >= 15 is 0 Å². The Morgan fingerprint density at radius 3 is 2.06 bits per heavy atom. The minimum Gasteiger partial charge on any atom is -0.508 e. The zero-order valence-corrected chi connectivity index (χ0v) is 17.7. The lowest BCUT2D eigenvalue weighted by Gasteiger charge is -2.22. The lowest BCUT2D eigenvalue weighted by Crippen LogP contribution is -2.29. The predicted octanol–water partition coefficient (Wildman–Crippen LogP) is 3.62. The first-order valence-corrected chi connectivity index (χ1v) is 9.69. The summed E-state index contributed by atoms with van der Waals surface area (Å²) in [7, 11) is 0. The van der Waals surface area contributed by atoms with Gasteiger partial charge < -0.3 is 24.8 Å². The van der Waals surface area contributed by atoms with E-state index in [4.69, 9.17) is 9.47 Å². The van der Waals surface area contributed by atoms with Gasteiger partial charge in [0.1, 0.15) is 23.0 Å². The van der Waals surface area contributed by atoms with Crippen molar-refractivity contribution < 1.29 is 39.2 Å². The van der Waals surface area contributed by atoms with Crippen LogP contribution >= 0.6 is 0 Å². The number of rotatable bonds is 10. The van der Waals surface area contributed by atoms with E-state index in [0.29, 0.717) is 24.2 Å². The summed E-state index contributed by atoms with van der Waals surface area (Å²) in [5.41, 5.74) is -0.510. The van der Waals surface area contributed by atoms with Gasteiger partial charge >= 0.3 is 5.97 Å². The molecule has 0 amide bonds. The number of hydrogen-bond acceptors (Lipinski definition) is 8. The third-order valence-corrected chi connectivity index (χ3v) is 4.62. The second-order valence-corrected chi connectivity index (χ2v) is 7.85. The number of aromatic hydroxyl groups is 3. The Bertz CT molecular complexity index is 957. The largest absolute Gasteiger partial charge is 0.508 e. The number of carbonyl (C=O) groups excluding carboxylic acids is 3. The molecule has 0 saturated heterocycles. The summed E-state index contributed by atoms with van der Waals surface area (Å²) in [5.74, 6) is -1.57. The van der Waals surface area contributed by atoms with Gasteiger partial charge in [-0.3, -0.25) is 14.4 Å². The van der Waals surface area contributed by atoms with Crippen LogP contribution in [0.2, 0.25) is 0 Å². The Morgan fingerprint density at radius 2 is 1.45 bits per heavy atom. The summed E-state index contributed by atoms with van der Waals surface area (Å²) in [6.07, 6.45) is 0.896. The highest BCUT2D eigenvalue weighted by Gasteiger charge is 2.29. The maximum absolute atomic E-state index is 12.4. The molecule has 0 atom stereocenters. The molecule has 0 bridgehead atoms. The van der Waals surface area contributed by atoms with Crippen LogP contribution in [0, 0.1) is 5.41 Å². The van der Waals surface area contributed by atoms with Gasteiger partial charge in [0.25, 0.3) is 0 Å². The zero-order chi connectivity index (χ0) is 23.2. The predicted molar refractivity (Wildman–Crippen MR) is 112 cm³/mol. The first-order chi connectivity index (χ1) is 14.5. The number of esters is 1. The summed E-state index contributed by atoms with van der Waals surface area (Å²) < 4.78 is 10.7. The topological polar surface area (TPSA) is 130 Å². The van der Waals surface area contributed by atoms with E-state index in [0.717, 1.165) is 6.07 Å². The molecule has 8 nitrogen and oxygen atoms in total. The Hall–Kier alpha value is -3.55. The maximum Gasteiger partial charge on any atom is 0.311 e. The van der Waals surface area contributed by atoms with E-state index in [1.165, 1.54) is 37.3 Å². The van der Waals surface area contributed by atoms with Gasteiger partial charge in [-0.25, -0.2) is 0 Å². The van der Waals surface area contributed by atoms with Crippen molar-refractivity contribution in [2.75, 3.05) is 13.2 Å². The molecule has 0 aliphatic carbocycles. The highest BCUT2D eigenvalue weighted by atomic mass is 16.5. The van der Waals surface area contributed by atoms with Gasteiger partial charge in [0, 0.05) is 23.3 Å². The average Bonchev–Trinajstić information content (AvgIpc) is 2.67. The van der Waals surface area contributed by atoms with Crippen LogP contribution in [0.1, 0.15) is 54.3 Å². The van der Waals surface area contributed by atoms with Crippen LogP contribution in [0.15, 0.2) is 36.4 Å². The molecule has 0 radical (unpaired) electrons. The van der Waals surface area contributed by atoms with Crippen molar-refractivity contribution in [3.63, 3.8) is 0 Å². The average molecular weight is 430 g/mol. The molecular formula is C23H26O8. The van der Waals surface area contributed by atoms with Crippen LogP contribution in [-0.4, -0.2) is 46.1 Å². The molecular weight excluding hydrogens is 404 g/mol. The molecule has 0 aromatic heterocycles. The van der Waals surface area contributed by atoms with E-state index in [1.807, 2.05) is 0 Å². The van der Waals surface area contributed by atoms with Crippen LogP contribution in [0.25, 0.3) is 0 Å². The minimum atomic E-state index is -0.881. The van der Waals surface area contributed by atoms with Gasteiger partial charge in [0.05, 0.1) is 12.0 Å². The fourth-order valence-corrected chi connectivity index (χ4v) is 2.84. The first kappa shape index (κ1) is 23.7. The number of Topliss-reactive ketones (excluding diaryl/α,β-unsaturated/α-hetero) is 2. The summed E-state index contributed by atoms with van der Waals surface area (Å²) >= 11 is 0. The molecule has 8 heteroatoms. The number of carbonyl (C=O) groups is 3. The summed E-state index contributed by atoms with van der Waals surface area (Å²) in [5, 5.41) is 28.6. The highest BCUT2D eigenvalue weighted by Crippen LogP contribution is 2.26. The number of benzene rings is 2. The van der Waals surface area contributed by atoms with Crippen LogP contribution in [0.5, 0.6) is 23.0 Å². The highest BCUT2D eigenvalue weighted by molar-refractivity contribution is 5.98. The van der Waals surface area contributed by atoms with E-state index in [1.54, 1.807) is 13.8 Å². The number of hydrogen-bond donors (Lipinski definition) is 3. The quantitative estimate of drug-likeness (QED) is 0.296. The van der Waals surface area contributed by atoms with Crippen LogP contribution in [0.3, 0.4) is 0 Å². The van der Waals surface area contributed by atoms with Gasteiger partial charge in [-0.15, -0.1) is 0 Å². The van der Waals surface area contributed by atoms with Gasteiger partial charge in [-0.2, -0.15) is 0 Å². The molecule has 0 saturated carbocycles. The van der Waals surface area contributed by atoms with E-state index in [2.05, 4.69) is 0 Å². The van der Waals surface area contributed by atoms with E-state index in [-0.39, 0.29) is 35.2 Å². The van der Waals surface area contributed by atoms with Crippen molar-refractivity contribution in [3.8, 4) is 23.0 Å². The van der Waals surface area contributed by atoms with Crippen molar-refractivity contribution in [1.29, 1.82) is 0 Å². The Labute approximate surface area is 180 Å². The Kier molecular flexibility index (Phi) is 7.63. The molecule has 2 rings (SSSR count). The van der Waals surface area contributed by atoms with Gasteiger partial charge in [-0.1, -0.05) is 0 Å². The normalized spacial score (nSPS) is 11.1. The van der Waals surface area contributed by atoms with Crippen molar-refractivity contribution in [1.82, 2.24) is 0 Å².